The van der Waals surface area contributed by atoms with Gasteiger partial charge in [-0.15, -0.1) is 0 Å². The molecule has 1 N–H and O–H groups in total. The Bertz CT molecular complexity index is 308. The summed E-state index contributed by atoms with van der Waals surface area (Å²) in [5, 5.41) is 9.70. The molecule has 0 heterocycles. The number of hydrogen-bond acceptors (Lipinski definition) is 3. The Labute approximate surface area is 136 Å². The molecule has 0 aromatic rings. The number of aliphatic hydroxyl groups excluding tert-OH is 1. The Morgan fingerprint density at radius 3 is 2.50 bits per heavy atom. The van der Waals surface area contributed by atoms with Gasteiger partial charge in [0.1, 0.15) is 0 Å². The van der Waals surface area contributed by atoms with Crippen LogP contribution in [0.3, 0.4) is 0 Å². The van der Waals surface area contributed by atoms with E-state index in [9.17, 15) is 9.90 Å². The van der Waals surface area contributed by atoms with Gasteiger partial charge < -0.3 is 9.84 Å². The van der Waals surface area contributed by atoms with Crippen molar-refractivity contribution < 1.29 is 14.6 Å². The van der Waals surface area contributed by atoms with Gasteiger partial charge in [0.2, 0.25) is 0 Å². The minimum absolute atomic E-state index is 0.105. The average molecular weight is 310 g/mol. The van der Waals surface area contributed by atoms with Crippen molar-refractivity contribution in [1.82, 2.24) is 0 Å². The predicted octanol–water partition coefficient (Wildman–Crippen LogP) is 4.94. The maximum Gasteiger partial charge on any atom is 0.305 e. The van der Waals surface area contributed by atoms with Gasteiger partial charge in [-0.3, -0.25) is 4.79 Å². The number of aliphatic hydroxyl groups is 1. The molecule has 0 aliphatic carbocycles. The number of unbranched alkanes of at least 4 members (excludes halogenated alkanes) is 7. The molecule has 0 saturated heterocycles. The number of ether oxygens (including phenoxy) is 1. The predicted molar refractivity (Wildman–Crippen MR) is 92.8 cm³/mol. The van der Waals surface area contributed by atoms with Crippen LogP contribution < -0.4 is 0 Å². The molecule has 0 bridgehead atoms. The molecule has 0 radical (unpaired) electrons. The highest BCUT2D eigenvalue weighted by Gasteiger charge is 1.98. The lowest BCUT2D eigenvalue weighted by Crippen LogP contribution is -2.00. The van der Waals surface area contributed by atoms with E-state index in [2.05, 4.69) is 17.7 Å². The van der Waals surface area contributed by atoms with E-state index in [1.54, 1.807) is 0 Å². The molecule has 0 saturated carbocycles. The number of esters is 1. The fraction of sp³-hybridized carbons (Fsp3) is 0.737. The maximum absolute atomic E-state index is 10.9. The second-order valence-electron chi connectivity index (χ2n) is 5.76. The normalized spacial score (nSPS) is 13.0. The molecule has 0 spiro atoms. The summed E-state index contributed by atoms with van der Waals surface area (Å²) in [5.74, 6) is -0.105. The molecular formula is C19H34O3. The zero-order chi connectivity index (χ0) is 16.5. The largest absolute Gasteiger partial charge is 0.469 e. The lowest BCUT2D eigenvalue weighted by Gasteiger charge is -2.03. The molecule has 0 fully saturated rings. The van der Waals surface area contributed by atoms with Crippen LogP contribution >= 0.6 is 0 Å². The van der Waals surface area contributed by atoms with Gasteiger partial charge in [0.15, 0.2) is 0 Å². The zero-order valence-corrected chi connectivity index (χ0v) is 14.4. The van der Waals surface area contributed by atoms with E-state index in [0.717, 1.165) is 32.1 Å². The smallest absolute Gasteiger partial charge is 0.305 e. The summed E-state index contributed by atoms with van der Waals surface area (Å²) in [7, 11) is 1.44. The molecular weight excluding hydrogens is 276 g/mol. The van der Waals surface area contributed by atoms with Gasteiger partial charge in [0.05, 0.1) is 13.2 Å². The third-order valence-corrected chi connectivity index (χ3v) is 3.66. The van der Waals surface area contributed by atoms with E-state index in [0.29, 0.717) is 6.42 Å². The van der Waals surface area contributed by atoms with Gasteiger partial charge in [-0.2, -0.15) is 0 Å². The Morgan fingerprint density at radius 2 is 1.77 bits per heavy atom. The van der Waals surface area contributed by atoms with Crippen LogP contribution in [0.2, 0.25) is 0 Å². The summed E-state index contributed by atoms with van der Waals surface area (Å²) in [5.41, 5.74) is 0. The number of carbonyl (C=O) groups excluding carboxylic acids is 1. The highest BCUT2D eigenvalue weighted by molar-refractivity contribution is 5.68. The minimum Gasteiger partial charge on any atom is -0.469 e. The molecule has 0 unspecified atom stereocenters. The van der Waals surface area contributed by atoms with Crippen molar-refractivity contribution in [2.24, 2.45) is 0 Å². The molecule has 128 valence electrons. The lowest BCUT2D eigenvalue weighted by atomic mass is 10.1. The first-order chi connectivity index (χ1) is 10.7. The first kappa shape index (κ1) is 20.9. The first-order valence-electron chi connectivity index (χ1n) is 8.79. The van der Waals surface area contributed by atoms with Crippen LogP contribution in [0.4, 0.5) is 0 Å². The monoisotopic (exact) mass is 310 g/mol. The van der Waals surface area contributed by atoms with Crippen molar-refractivity contribution in [3.8, 4) is 0 Å². The molecule has 0 aliphatic rings. The summed E-state index contributed by atoms with van der Waals surface area (Å²) in [6.07, 6.45) is 19.3. The number of allylic oxidation sites excluding steroid dienone is 3. The Hall–Kier alpha value is -1.09. The third-order valence-electron chi connectivity index (χ3n) is 3.66. The van der Waals surface area contributed by atoms with E-state index in [-0.39, 0.29) is 12.1 Å². The van der Waals surface area contributed by atoms with Crippen LogP contribution in [0, 0.1) is 0 Å². The summed E-state index contributed by atoms with van der Waals surface area (Å²) in [6.45, 7) is 2.17. The third kappa shape index (κ3) is 15.3. The topological polar surface area (TPSA) is 46.5 Å². The van der Waals surface area contributed by atoms with Crippen molar-refractivity contribution in [2.45, 2.75) is 83.7 Å². The van der Waals surface area contributed by atoms with Gasteiger partial charge in [-0.05, 0) is 25.7 Å². The fourth-order valence-electron chi connectivity index (χ4n) is 2.23. The number of hydrogen-bond donors (Lipinski definition) is 1. The van der Waals surface area contributed by atoms with Crippen molar-refractivity contribution in [3.63, 3.8) is 0 Å². The highest BCUT2D eigenvalue weighted by Crippen LogP contribution is 2.08. The molecule has 3 nitrogen and oxygen atoms in total. The van der Waals surface area contributed by atoms with E-state index in [1.807, 2.05) is 18.2 Å². The minimum atomic E-state index is -0.300. The molecule has 0 rings (SSSR count). The number of carbonyl (C=O) groups is 1. The molecule has 1 atom stereocenters. The highest BCUT2D eigenvalue weighted by atomic mass is 16.5. The van der Waals surface area contributed by atoms with E-state index in [1.165, 1.54) is 39.2 Å². The van der Waals surface area contributed by atoms with Crippen LogP contribution in [-0.2, 0) is 9.53 Å². The van der Waals surface area contributed by atoms with E-state index >= 15 is 0 Å². The molecule has 0 amide bonds. The van der Waals surface area contributed by atoms with Crippen molar-refractivity contribution in [3.05, 3.63) is 24.3 Å². The van der Waals surface area contributed by atoms with Gasteiger partial charge in [0.25, 0.3) is 0 Å². The second-order valence-corrected chi connectivity index (χ2v) is 5.76. The van der Waals surface area contributed by atoms with Gasteiger partial charge in [-0.1, -0.05) is 69.8 Å². The second kappa shape index (κ2) is 16.3. The summed E-state index contributed by atoms with van der Waals surface area (Å²) >= 11 is 0. The molecule has 22 heavy (non-hydrogen) atoms. The van der Waals surface area contributed by atoms with Gasteiger partial charge in [-0.25, -0.2) is 0 Å². The van der Waals surface area contributed by atoms with Crippen molar-refractivity contribution in [2.75, 3.05) is 7.11 Å². The molecule has 0 aromatic carbocycles. The Morgan fingerprint density at radius 1 is 1.05 bits per heavy atom. The Kier molecular flexibility index (Phi) is 15.5. The van der Waals surface area contributed by atoms with Crippen LogP contribution in [0.1, 0.15) is 77.6 Å². The summed E-state index contributed by atoms with van der Waals surface area (Å²) in [6, 6.07) is 0. The van der Waals surface area contributed by atoms with E-state index in [4.69, 9.17) is 0 Å². The summed E-state index contributed by atoms with van der Waals surface area (Å²) in [4.78, 5) is 10.9. The van der Waals surface area contributed by atoms with Crippen molar-refractivity contribution in [1.29, 1.82) is 0 Å². The van der Waals surface area contributed by atoms with Crippen LogP contribution in [0.5, 0.6) is 0 Å². The summed E-state index contributed by atoms with van der Waals surface area (Å²) < 4.78 is 4.60. The SMILES string of the molecule is CCCCC[C@H](O)/C=C\C=C\CCCCCCCC(=O)OC. The van der Waals surface area contributed by atoms with Crippen LogP contribution in [0.15, 0.2) is 24.3 Å². The molecule has 0 aromatic heterocycles. The lowest BCUT2D eigenvalue weighted by molar-refractivity contribution is -0.140. The maximum atomic E-state index is 10.9. The fourth-order valence-corrected chi connectivity index (χ4v) is 2.23. The first-order valence-corrected chi connectivity index (χ1v) is 8.79. The standard InChI is InChI=1S/C19H34O3/c1-3-4-12-15-18(20)16-13-10-8-6-5-7-9-11-14-17-19(21)22-2/h8,10,13,16,18,20H,3-7,9,11-12,14-15,17H2,1-2H3/b10-8+,16-13-/t18-/m0/s1. The quantitative estimate of drug-likeness (QED) is 0.281. The van der Waals surface area contributed by atoms with E-state index < -0.39 is 0 Å². The van der Waals surface area contributed by atoms with Crippen LogP contribution in [-0.4, -0.2) is 24.3 Å². The van der Waals surface area contributed by atoms with Crippen molar-refractivity contribution >= 4 is 5.97 Å². The Balaban J connectivity index is 3.38. The molecule has 3 heteroatoms. The number of methoxy groups -OCH3 is 1. The van der Waals surface area contributed by atoms with Gasteiger partial charge in [0, 0.05) is 6.42 Å². The average Bonchev–Trinajstić information content (AvgIpc) is 2.52. The zero-order valence-electron chi connectivity index (χ0n) is 14.4. The van der Waals surface area contributed by atoms with Gasteiger partial charge >= 0.3 is 5.97 Å². The number of rotatable bonds is 14. The molecule has 0 aliphatic heterocycles. The van der Waals surface area contributed by atoms with Crippen LogP contribution in [0.25, 0.3) is 0 Å².